The topological polar surface area (TPSA) is 170 Å². The molecule has 1 amide bonds. The zero-order valence-electron chi connectivity index (χ0n) is 57.7. The second kappa shape index (κ2) is 36.1. The summed E-state index contributed by atoms with van der Waals surface area (Å²) in [5.74, 6) is -2.31. The zero-order valence-corrected chi connectivity index (χ0v) is 62.7. The number of esters is 1. The van der Waals surface area contributed by atoms with Crippen LogP contribution in [0.4, 0.5) is 0 Å². The second-order valence-corrected chi connectivity index (χ2v) is 50.6. The Morgan fingerprint density at radius 3 is 1.62 bits per heavy atom. The Morgan fingerprint density at radius 1 is 0.568 bits per heavy atom. The van der Waals surface area contributed by atoms with Crippen LogP contribution in [0, 0.1) is 5.92 Å². The highest BCUT2D eigenvalue weighted by Gasteiger charge is 2.55. The minimum absolute atomic E-state index is 0.101. The first-order chi connectivity index (χ1) is 42.1. The number of carboxylic acids is 1. The maximum atomic E-state index is 14.7. The van der Waals surface area contributed by atoms with Crippen LogP contribution in [0.3, 0.4) is 0 Å². The Bertz CT molecular complexity index is 2340. The first kappa shape index (κ1) is 76.1. The summed E-state index contributed by atoms with van der Waals surface area (Å²) < 4.78 is 65.1. The number of benzene rings is 1. The van der Waals surface area contributed by atoms with Crippen LogP contribution in [0.25, 0.3) is 0 Å². The number of rotatable bonds is 28. The van der Waals surface area contributed by atoms with E-state index in [2.05, 4.69) is 109 Å². The van der Waals surface area contributed by atoms with Gasteiger partial charge in [-0.25, -0.2) is 0 Å². The van der Waals surface area contributed by atoms with Gasteiger partial charge in [0.25, 0.3) is 5.91 Å². The van der Waals surface area contributed by atoms with E-state index in [9.17, 15) is 19.5 Å². The molecule has 0 aromatic heterocycles. The van der Waals surface area contributed by atoms with Gasteiger partial charge in [-0.2, -0.15) is 0 Å². The number of cyclic esters (lactones) is 1. The highest BCUT2D eigenvalue weighted by Crippen LogP contribution is 2.45. The van der Waals surface area contributed by atoms with Gasteiger partial charge >= 0.3 is 11.9 Å². The van der Waals surface area contributed by atoms with Crippen LogP contribution in [-0.2, 0) is 51.0 Å². The van der Waals surface area contributed by atoms with E-state index in [1.807, 2.05) is 92.8 Å². The van der Waals surface area contributed by atoms with Crippen molar-refractivity contribution in [1.82, 2.24) is 5.32 Å². The van der Waals surface area contributed by atoms with E-state index in [1.54, 1.807) is 0 Å². The third-order valence-electron chi connectivity index (χ3n) is 21.9. The average molecular weight is 1310 g/mol. The van der Waals surface area contributed by atoms with Gasteiger partial charge in [0.2, 0.25) is 0 Å². The van der Waals surface area contributed by atoms with E-state index in [0.29, 0.717) is 37.7 Å². The fraction of sp³-hybridized carbons (Fsp3) is 0.754. The van der Waals surface area contributed by atoms with Gasteiger partial charge < -0.3 is 51.8 Å². The Balaban J connectivity index is 1.71. The molecule has 4 aliphatic heterocycles. The van der Waals surface area contributed by atoms with Crippen LogP contribution in [-0.4, -0.2) is 144 Å². The molecule has 1 aromatic carbocycles. The highest BCUT2D eigenvalue weighted by molar-refractivity contribution is 6.82. The van der Waals surface area contributed by atoms with Crippen molar-refractivity contribution in [2.24, 2.45) is 5.92 Å². The standard InChI is InChI=1S/C69H121NO13Si5/c1-18-84(17,19-2)61-50-58-57(79-58)49-56(80-85(20-3,21-4)22-5)46-55-48-60(81-86(23-6,24-7)25-8)62(67(72)73)59(77-55)47-54(45-41-36-34-32-33-35-38-42-51(15)75-68(61)74)78-69-65(83-88(29-12,30-13)31-14)63(70-66(71)53-43-39-37-40-44-53)64(52(16)76-69)82-87(26-9,27-10)28-11/h32-41,43-45,51-52,54-65,69H,18-31,42,46-50H2,1-17H3,(H,70,71)(H,72,73)/b33-32+,36-34+,38-35+,45-41+/t51-,52-,54+,55?,56-,57-,58-,59+,60+,61?,62+,63+,64-,65+,69+/m1/s1. The van der Waals surface area contributed by atoms with E-state index in [-0.39, 0.29) is 48.3 Å². The maximum Gasteiger partial charge on any atom is 0.311 e. The van der Waals surface area contributed by atoms with Gasteiger partial charge in [0.1, 0.15) is 18.1 Å². The number of carbonyl (C=O) groups excluding carboxylic acids is 2. The number of nitrogens with one attached hydrogen (secondary N) is 1. The number of hydrogen-bond acceptors (Lipinski definition) is 12. The lowest BCUT2D eigenvalue weighted by molar-refractivity contribution is -0.276. The van der Waals surface area contributed by atoms with E-state index in [4.69, 9.17) is 41.4 Å². The van der Waals surface area contributed by atoms with Crippen molar-refractivity contribution in [3.63, 3.8) is 0 Å². The van der Waals surface area contributed by atoms with Crippen molar-refractivity contribution in [2.45, 2.75) is 325 Å². The maximum absolute atomic E-state index is 14.7. The number of fused-ring (bicyclic) bond motifs is 3. The summed E-state index contributed by atoms with van der Waals surface area (Å²) in [5, 5.41) is 15.1. The number of hydrogen-bond donors (Lipinski definition) is 2. The van der Waals surface area contributed by atoms with E-state index >= 15 is 0 Å². The van der Waals surface area contributed by atoms with Crippen LogP contribution in [0.1, 0.15) is 160 Å². The zero-order chi connectivity index (χ0) is 64.9. The molecule has 2 unspecified atom stereocenters. The summed E-state index contributed by atoms with van der Waals surface area (Å²) in [7, 11) is -11.6. The first-order valence-corrected chi connectivity index (χ1v) is 48.0. The van der Waals surface area contributed by atoms with Crippen molar-refractivity contribution in [3.8, 4) is 0 Å². The molecule has 14 nitrogen and oxygen atoms in total. The molecule has 15 atom stereocenters. The summed E-state index contributed by atoms with van der Waals surface area (Å²) in [4.78, 5) is 43.3. The number of aliphatic carboxylic acids is 1. The molecule has 0 spiro atoms. The lowest BCUT2D eigenvalue weighted by atomic mass is 9.84. The molecule has 4 heterocycles. The highest BCUT2D eigenvalue weighted by atomic mass is 28.4. The molecule has 3 saturated heterocycles. The largest absolute Gasteiger partial charge is 0.481 e. The van der Waals surface area contributed by atoms with Crippen LogP contribution in [0.5, 0.6) is 0 Å². The number of amides is 1. The predicted molar refractivity (Wildman–Crippen MR) is 370 cm³/mol. The number of carboxylic acid groups (broad SMARTS) is 1. The predicted octanol–water partition coefficient (Wildman–Crippen LogP) is 16.7. The van der Waals surface area contributed by atoms with E-state index < -0.39 is 108 Å². The van der Waals surface area contributed by atoms with Gasteiger partial charge in [-0.3, -0.25) is 14.4 Å². The van der Waals surface area contributed by atoms with E-state index in [0.717, 1.165) is 84.6 Å². The van der Waals surface area contributed by atoms with Crippen molar-refractivity contribution < 1.29 is 60.9 Å². The quantitative estimate of drug-likeness (QED) is 0.0462. The molecule has 2 N–H and O–H groups in total. The molecule has 0 saturated carbocycles. The van der Waals surface area contributed by atoms with Crippen molar-refractivity contribution in [1.29, 1.82) is 0 Å². The number of carbonyl (C=O) groups is 3. The molecule has 3 fully saturated rings. The summed E-state index contributed by atoms with van der Waals surface area (Å²) in [6.45, 7) is 37.4. The fourth-order valence-corrected chi connectivity index (χ4v) is 28.6. The summed E-state index contributed by atoms with van der Waals surface area (Å²) >= 11 is 0. The fourth-order valence-electron chi connectivity index (χ4n) is 14.2. The van der Waals surface area contributed by atoms with Crippen LogP contribution < -0.4 is 5.32 Å². The molecular weight excluding hydrogens is 1190 g/mol. The molecular formula is C69H121NO13Si5. The van der Waals surface area contributed by atoms with Crippen molar-refractivity contribution >= 4 is 59.2 Å². The summed E-state index contributed by atoms with van der Waals surface area (Å²) in [5.41, 5.74) is 0.327. The molecule has 0 radical (unpaired) electrons. The molecule has 4 aliphatic rings. The molecule has 5 rings (SSSR count). The Labute approximate surface area is 538 Å². The third-order valence-corrected chi connectivity index (χ3v) is 45.9. The minimum Gasteiger partial charge on any atom is -0.481 e. The number of epoxide rings is 1. The Kier molecular flexibility index (Phi) is 31.2. The van der Waals surface area contributed by atoms with Gasteiger partial charge in [-0.1, -0.05) is 182 Å². The number of ether oxygens (including phenoxy) is 5. The lowest BCUT2D eigenvalue weighted by Crippen LogP contribution is -2.68. The Hall–Kier alpha value is -2.65. The number of allylic oxidation sites excluding steroid dienone is 6. The molecule has 19 heteroatoms. The molecule has 0 aliphatic carbocycles. The van der Waals surface area contributed by atoms with Gasteiger partial charge in [0, 0.05) is 24.8 Å². The van der Waals surface area contributed by atoms with Gasteiger partial charge in [0.05, 0.1) is 74.6 Å². The molecule has 1 aromatic rings. The SMILES string of the molecule is CC[Si](CC)(CC)O[C@@H]1CC2C[C@H](O[Si](CC)(CC)CC)[C@@H](C(=O)O)[C@H](C[C@@H](O[C@@H]3O[C@H](C)[C@@H](O[Si](CC)(CC)CC)[C@H](NC(=O)c4ccccc4)[C@@H]3O[Si](CC)(CC)CC)/C=C/C=C/C=C/C=C/C[C@@H](C)OC(=O)C([Si](C)(CC)CC)C[C@H]3O[C@@H]3C1)O2. The smallest absolute Gasteiger partial charge is 0.311 e. The molecule has 500 valence electrons. The average Bonchev–Trinajstić information content (AvgIpc) is 1.31. The molecule has 88 heavy (non-hydrogen) atoms. The van der Waals surface area contributed by atoms with E-state index in [1.165, 1.54) is 0 Å². The van der Waals surface area contributed by atoms with Gasteiger partial charge in [-0.05, 0) is 118 Å². The van der Waals surface area contributed by atoms with Crippen molar-refractivity contribution in [2.75, 3.05) is 0 Å². The van der Waals surface area contributed by atoms with Gasteiger partial charge in [0.15, 0.2) is 39.6 Å². The lowest BCUT2D eigenvalue weighted by Gasteiger charge is -2.51. The second-order valence-electron chi connectivity index (χ2n) is 26.3. The van der Waals surface area contributed by atoms with Crippen molar-refractivity contribution in [3.05, 3.63) is 84.5 Å². The Morgan fingerprint density at radius 2 is 1.08 bits per heavy atom. The van der Waals surface area contributed by atoms with Gasteiger partial charge in [-0.15, -0.1) is 0 Å². The van der Waals surface area contributed by atoms with Crippen LogP contribution >= 0.6 is 0 Å². The van der Waals surface area contributed by atoms with Crippen LogP contribution in [0.2, 0.25) is 96.7 Å². The summed E-state index contributed by atoms with van der Waals surface area (Å²) in [6.07, 6.45) is 12.4. The first-order valence-electron chi connectivity index (χ1n) is 34.9. The third kappa shape index (κ3) is 20.2. The normalized spacial score (nSPS) is 31.5. The monoisotopic (exact) mass is 1310 g/mol. The van der Waals surface area contributed by atoms with Crippen LogP contribution in [0.15, 0.2) is 78.9 Å². The summed E-state index contributed by atoms with van der Waals surface area (Å²) in [6, 6.07) is 21.3. The minimum atomic E-state index is -2.51. The molecule has 2 bridgehead atoms.